The molecule has 0 unspecified atom stereocenters. The smallest absolute Gasteiger partial charge is 0.336 e. The van der Waals surface area contributed by atoms with E-state index in [1.807, 2.05) is 37.3 Å². The molecule has 1 aliphatic rings. The molecule has 128 valence electrons. The summed E-state index contributed by atoms with van der Waals surface area (Å²) in [6.07, 6.45) is 0.797. The van der Waals surface area contributed by atoms with Gasteiger partial charge in [0.25, 0.3) is 0 Å². The van der Waals surface area contributed by atoms with Gasteiger partial charge in [0.2, 0.25) is 0 Å². The summed E-state index contributed by atoms with van der Waals surface area (Å²) >= 11 is 0. The first-order chi connectivity index (χ1) is 12.2. The second-order valence-electron chi connectivity index (χ2n) is 6.47. The van der Waals surface area contributed by atoms with Gasteiger partial charge in [0, 0.05) is 24.0 Å². The Labute approximate surface area is 146 Å². The Bertz CT molecular complexity index is 962. The third kappa shape index (κ3) is 2.83. The quantitative estimate of drug-likeness (QED) is 0.671. The molecule has 4 rings (SSSR count). The van der Waals surface area contributed by atoms with E-state index in [2.05, 4.69) is 24.0 Å². The summed E-state index contributed by atoms with van der Waals surface area (Å²) in [4.78, 5) is 14.2. The van der Waals surface area contributed by atoms with E-state index in [1.165, 1.54) is 5.56 Å². The molecule has 1 aromatic heterocycles. The Hall–Kier alpha value is -2.59. The molecule has 0 spiro atoms. The zero-order valence-electron chi connectivity index (χ0n) is 14.5. The van der Waals surface area contributed by atoms with Crippen molar-refractivity contribution in [2.75, 3.05) is 6.73 Å². The molecule has 25 heavy (non-hydrogen) atoms. The number of benzene rings is 2. The third-order valence-electron chi connectivity index (χ3n) is 5.02. The largest absolute Gasteiger partial charge is 0.478 e. The van der Waals surface area contributed by atoms with Gasteiger partial charge in [-0.2, -0.15) is 0 Å². The van der Waals surface area contributed by atoms with E-state index in [1.54, 1.807) is 6.07 Å². The van der Waals surface area contributed by atoms with Crippen molar-refractivity contribution >= 4 is 11.0 Å². The first kappa shape index (κ1) is 15.9. The fraction of sp³-hybridized carbons (Fsp3) is 0.286. The second-order valence-corrected chi connectivity index (χ2v) is 6.47. The lowest BCUT2D eigenvalue weighted by molar-refractivity contribution is 0.0620. The van der Waals surface area contributed by atoms with Crippen LogP contribution in [0.1, 0.15) is 36.6 Å². The number of nitrogens with zero attached hydrogens (tertiary/aromatic N) is 1. The molecule has 1 aliphatic heterocycles. The summed E-state index contributed by atoms with van der Waals surface area (Å²) in [7, 11) is 0. The summed E-state index contributed by atoms with van der Waals surface area (Å²) in [6, 6.07) is 16.1. The molecule has 0 N–H and O–H groups in total. The van der Waals surface area contributed by atoms with Crippen LogP contribution in [0.2, 0.25) is 0 Å². The summed E-state index contributed by atoms with van der Waals surface area (Å²) in [6.45, 7) is 5.43. The van der Waals surface area contributed by atoms with Crippen LogP contribution >= 0.6 is 0 Å². The Morgan fingerprint density at radius 2 is 1.96 bits per heavy atom. The average molecular weight is 335 g/mol. The van der Waals surface area contributed by atoms with Crippen molar-refractivity contribution in [3.8, 4) is 5.75 Å². The van der Waals surface area contributed by atoms with Crippen LogP contribution in [0.5, 0.6) is 5.75 Å². The maximum Gasteiger partial charge on any atom is 0.336 e. The van der Waals surface area contributed by atoms with E-state index in [-0.39, 0.29) is 11.7 Å². The predicted molar refractivity (Wildman–Crippen MR) is 97.8 cm³/mol. The SMILES string of the molecule is CCc1cc(=O)oc2c3c(ccc12)OCN([C@@H](C)c1ccccc1)C3. The predicted octanol–water partition coefficient (Wildman–Crippen LogP) is 4.27. The minimum Gasteiger partial charge on any atom is -0.478 e. The Kier molecular flexibility index (Phi) is 4.06. The molecular weight excluding hydrogens is 314 g/mol. The van der Waals surface area contributed by atoms with Gasteiger partial charge in [-0.1, -0.05) is 37.3 Å². The molecule has 0 bridgehead atoms. The number of rotatable bonds is 3. The van der Waals surface area contributed by atoms with Crippen molar-refractivity contribution in [2.45, 2.75) is 32.9 Å². The van der Waals surface area contributed by atoms with Gasteiger partial charge >= 0.3 is 5.63 Å². The number of hydrogen-bond acceptors (Lipinski definition) is 4. The minimum atomic E-state index is -0.300. The molecule has 1 atom stereocenters. The van der Waals surface area contributed by atoms with Crippen molar-refractivity contribution in [2.24, 2.45) is 0 Å². The minimum absolute atomic E-state index is 0.214. The summed E-state index contributed by atoms with van der Waals surface area (Å²) in [5.74, 6) is 0.806. The molecule has 0 saturated carbocycles. The van der Waals surface area contributed by atoms with Crippen LogP contribution in [0.15, 0.2) is 57.7 Å². The number of aryl methyl sites for hydroxylation is 1. The lowest BCUT2D eigenvalue weighted by atomic mass is 10.0. The van der Waals surface area contributed by atoms with Gasteiger partial charge in [0.05, 0.1) is 5.56 Å². The van der Waals surface area contributed by atoms with Gasteiger partial charge < -0.3 is 9.15 Å². The Morgan fingerprint density at radius 1 is 1.16 bits per heavy atom. The highest BCUT2D eigenvalue weighted by atomic mass is 16.5. The maximum atomic E-state index is 12.0. The second kappa shape index (κ2) is 6.37. The topological polar surface area (TPSA) is 42.7 Å². The number of ether oxygens (including phenoxy) is 1. The van der Waals surface area contributed by atoms with Gasteiger partial charge in [-0.05, 0) is 36.6 Å². The van der Waals surface area contributed by atoms with Crippen molar-refractivity contribution in [1.82, 2.24) is 4.90 Å². The number of hydrogen-bond donors (Lipinski definition) is 0. The molecule has 0 aliphatic carbocycles. The average Bonchev–Trinajstić information content (AvgIpc) is 2.66. The van der Waals surface area contributed by atoms with Crippen LogP contribution in [-0.4, -0.2) is 11.6 Å². The van der Waals surface area contributed by atoms with E-state index in [4.69, 9.17) is 9.15 Å². The van der Waals surface area contributed by atoms with Crippen LogP contribution in [-0.2, 0) is 13.0 Å². The van der Waals surface area contributed by atoms with Crippen molar-refractivity contribution < 1.29 is 9.15 Å². The summed E-state index contributed by atoms with van der Waals surface area (Å²) in [5, 5.41) is 0.999. The first-order valence-electron chi connectivity index (χ1n) is 8.67. The normalized spacial score (nSPS) is 15.6. The molecule has 4 heteroatoms. The maximum absolute atomic E-state index is 12.0. The van der Waals surface area contributed by atoms with Gasteiger partial charge in [-0.3, -0.25) is 4.90 Å². The van der Waals surface area contributed by atoms with E-state index in [0.29, 0.717) is 18.9 Å². The van der Waals surface area contributed by atoms with E-state index in [0.717, 1.165) is 28.7 Å². The molecule has 4 nitrogen and oxygen atoms in total. The highest BCUT2D eigenvalue weighted by Gasteiger charge is 2.25. The standard InChI is InChI=1S/C21H21NO3/c1-3-15-11-20(23)25-21-17(15)9-10-19-18(21)12-22(13-24-19)14(2)16-7-5-4-6-8-16/h4-11,14H,3,12-13H2,1-2H3/t14-/m0/s1. The van der Waals surface area contributed by atoms with Crippen LogP contribution in [0.3, 0.4) is 0 Å². The highest BCUT2D eigenvalue weighted by molar-refractivity contribution is 5.85. The molecule has 0 saturated heterocycles. The molecule has 0 fully saturated rings. The number of fused-ring (bicyclic) bond motifs is 3. The van der Waals surface area contributed by atoms with Gasteiger partial charge in [0.1, 0.15) is 18.1 Å². The van der Waals surface area contributed by atoms with Crippen LogP contribution in [0.4, 0.5) is 0 Å². The fourth-order valence-corrected chi connectivity index (χ4v) is 3.50. The molecule has 3 aromatic rings. The Morgan fingerprint density at radius 3 is 2.72 bits per heavy atom. The molecule has 0 radical (unpaired) electrons. The van der Waals surface area contributed by atoms with E-state index in [9.17, 15) is 4.79 Å². The zero-order chi connectivity index (χ0) is 17.4. The van der Waals surface area contributed by atoms with Gasteiger partial charge in [0.15, 0.2) is 0 Å². The molecule has 2 aromatic carbocycles. The van der Waals surface area contributed by atoms with Crippen LogP contribution in [0.25, 0.3) is 11.0 Å². The molecular formula is C21H21NO3. The first-order valence-corrected chi connectivity index (χ1v) is 8.67. The van der Waals surface area contributed by atoms with E-state index >= 15 is 0 Å². The van der Waals surface area contributed by atoms with Crippen molar-refractivity contribution in [1.29, 1.82) is 0 Å². The molecule has 2 heterocycles. The van der Waals surface area contributed by atoms with Crippen LogP contribution in [0, 0.1) is 0 Å². The van der Waals surface area contributed by atoms with Gasteiger partial charge in [-0.15, -0.1) is 0 Å². The van der Waals surface area contributed by atoms with E-state index < -0.39 is 0 Å². The lowest BCUT2D eigenvalue weighted by Crippen LogP contribution is -2.34. The Balaban J connectivity index is 1.77. The van der Waals surface area contributed by atoms with Crippen molar-refractivity contribution in [3.63, 3.8) is 0 Å². The highest BCUT2D eigenvalue weighted by Crippen LogP contribution is 2.35. The summed E-state index contributed by atoms with van der Waals surface area (Å²) < 4.78 is 11.5. The lowest BCUT2D eigenvalue weighted by Gasteiger charge is -2.34. The van der Waals surface area contributed by atoms with Gasteiger partial charge in [-0.25, -0.2) is 4.79 Å². The zero-order valence-corrected chi connectivity index (χ0v) is 14.5. The summed E-state index contributed by atoms with van der Waals surface area (Å²) in [5.41, 5.74) is 3.57. The van der Waals surface area contributed by atoms with Crippen LogP contribution < -0.4 is 10.4 Å². The monoisotopic (exact) mass is 335 g/mol. The fourth-order valence-electron chi connectivity index (χ4n) is 3.50. The van der Waals surface area contributed by atoms with Crippen molar-refractivity contribution in [3.05, 3.63) is 75.6 Å². The molecule has 0 amide bonds. The third-order valence-corrected chi connectivity index (χ3v) is 5.02.